The molecule has 1 amide bonds. The van der Waals surface area contributed by atoms with E-state index in [2.05, 4.69) is 31.8 Å². The standard InChI is InChI=1S/C19H25N5O/c25-19(23-12-8-18(9-13-23)24-14-20-21-15-24)16-4-6-17(7-5-16)22-10-2-1-3-11-22/h4-7,14-15,18H,1-3,8-13H2. The molecule has 1 aromatic heterocycles. The molecule has 0 saturated carbocycles. The number of anilines is 1. The zero-order valence-electron chi connectivity index (χ0n) is 14.5. The van der Waals surface area contributed by atoms with Crippen molar-refractivity contribution in [1.82, 2.24) is 19.7 Å². The zero-order valence-corrected chi connectivity index (χ0v) is 14.5. The van der Waals surface area contributed by atoms with Crippen LogP contribution >= 0.6 is 0 Å². The smallest absolute Gasteiger partial charge is 0.253 e. The SMILES string of the molecule is O=C(c1ccc(N2CCCCC2)cc1)N1CCC(n2cnnc2)CC1. The number of rotatable bonds is 3. The summed E-state index contributed by atoms with van der Waals surface area (Å²) in [6.45, 7) is 3.83. The predicted octanol–water partition coefficient (Wildman–Crippen LogP) is 2.75. The Morgan fingerprint density at radius 1 is 0.880 bits per heavy atom. The summed E-state index contributed by atoms with van der Waals surface area (Å²) in [5.74, 6) is 0.146. The van der Waals surface area contributed by atoms with E-state index in [0.717, 1.165) is 44.6 Å². The van der Waals surface area contributed by atoms with Crippen molar-refractivity contribution in [2.75, 3.05) is 31.1 Å². The Morgan fingerprint density at radius 3 is 2.16 bits per heavy atom. The first-order chi connectivity index (χ1) is 12.3. The summed E-state index contributed by atoms with van der Waals surface area (Å²) < 4.78 is 2.05. The summed E-state index contributed by atoms with van der Waals surface area (Å²) in [6, 6.07) is 8.57. The van der Waals surface area contributed by atoms with Gasteiger partial charge in [0.2, 0.25) is 0 Å². The second-order valence-corrected chi connectivity index (χ2v) is 7.03. The van der Waals surface area contributed by atoms with Gasteiger partial charge in [-0.15, -0.1) is 10.2 Å². The molecule has 0 unspecified atom stereocenters. The van der Waals surface area contributed by atoms with Gasteiger partial charge in [0.15, 0.2) is 0 Å². The van der Waals surface area contributed by atoms with Crippen molar-refractivity contribution >= 4 is 11.6 Å². The van der Waals surface area contributed by atoms with Gasteiger partial charge in [0, 0.05) is 43.5 Å². The number of aromatic nitrogens is 3. The first-order valence-electron chi connectivity index (χ1n) is 9.30. The van der Waals surface area contributed by atoms with Gasteiger partial charge in [0.1, 0.15) is 12.7 Å². The van der Waals surface area contributed by atoms with Crippen LogP contribution in [-0.2, 0) is 0 Å². The Balaban J connectivity index is 1.36. The molecular formula is C19H25N5O. The van der Waals surface area contributed by atoms with E-state index in [-0.39, 0.29) is 5.91 Å². The van der Waals surface area contributed by atoms with Crippen molar-refractivity contribution in [1.29, 1.82) is 0 Å². The fraction of sp³-hybridized carbons (Fsp3) is 0.526. The van der Waals surface area contributed by atoms with E-state index in [1.54, 1.807) is 12.7 Å². The first-order valence-corrected chi connectivity index (χ1v) is 9.30. The van der Waals surface area contributed by atoms with Crippen molar-refractivity contribution < 1.29 is 4.79 Å². The number of carbonyl (C=O) groups excluding carboxylic acids is 1. The molecule has 2 aliphatic heterocycles. The van der Waals surface area contributed by atoms with Crippen molar-refractivity contribution in [3.8, 4) is 0 Å². The van der Waals surface area contributed by atoms with Crippen LogP contribution in [0.3, 0.4) is 0 Å². The molecule has 132 valence electrons. The Labute approximate surface area is 148 Å². The molecule has 3 heterocycles. The highest BCUT2D eigenvalue weighted by Gasteiger charge is 2.24. The second kappa shape index (κ2) is 7.25. The predicted molar refractivity (Wildman–Crippen MR) is 96.7 cm³/mol. The fourth-order valence-corrected chi connectivity index (χ4v) is 3.91. The average molecular weight is 339 g/mol. The summed E-state index contributed by atoms with van der Waals surface area (Å²) >= 11 is 0. The Morgan fingerprint density at radius 2 is 1.52 bits per heavy atom. The maximum atomic E-state index is 12.8. The molecule has 25 heavy (non-hydrogen) atoms. The number of nitrogens with zero attached hydrogens (tertiary/aromatic N) is 5. The topological polar surface area (TPSA) is 54.3 Å². The van der Waals surface area contributed by atoms with Crippen molar-refractivity contribution in [3.63, 3.8) is 0 Å². The number of carbonyl (C=O) groups is 1. The van der Waals surface area contributed by atoms with Gasteiger partial charge in [-0.1, -0.05) is 0 Å². The lowest BCUT2D eigenvalue weighted by atomic mass is 10.0. The molecule has 4 rings (SSSR count). The third-order valence-electron chi connectivity index (χ3n) is 5.45. The summed E-state index contributed by atoms with van der Waals surface area (Å²) in [5, 5.41) is 7.75. The summed E-state index contributed by atoms with van der Waals surface area (Å²) in [7, 11) is 0. The van der Waals surface area contributed by atoms with Gasteiger partial charge in [-0.25, -0.2) is 0 Å². The number of amides is 1. The zero-order chi connectivity index (χ0) is 17.1. The molecule has 2 fully saturated rings. The minimum atomic E-state index is 0.146. The van der Waals surface area contributed by atoms with Crippen molar-refractivity contribution in [2.45, 2.75) is 38.1 Å². The second-order valence-electron chi connectivity index (χ2n) is 7.03. The maximum Gasteiger partial charge on any atom is 0.253 e. The van der Waals surface area contributed by atoms with E-state index >= 15 is 0 Å². The highest BCUT2D eigenvalue weighted by atomic mass is 16.2. The van der Waals surface area contributed by atoms with Crippen LogP contribution in [0, 0.1) is 0 Å². The van der Waals surface area contributed by atoms with Crippen LogP contribution in [0.15, 0.2) is 36.9 Å². The minimum absolute atomic E-state index is 0.146. The third kappa shape index (κ3) is 3.52. The third-order valence-corrected chi connectivity index (χ3v) is 5.45. The molecule has 0 N–H and O–H groups in total. The summed E-state index contributed by atoms with van der Waals surface area (Å²) in [4.78, 5) is 17.1. The molecule has 0 aliphatic carbocycles. The van der Waals surface area contributed by atoms with E-state index in [1.807, 2.05) is 17.0 Å². The highest BCUT2D eigenvalue weighted by molar-refractivity contribution is 5.94. The van der Waals surface area contributed by atoms with Crippen LogP contribution < -0.4 is 4.90 Å². The number of hydrogen-bond acceptors (Lipinski definition) is 4. The molecule has 6 heteroatoms. The van der Waals surface area contributed by atoms with Gasteiger partial charge >= 0.3 is 0 Å². The fourth-order valence-electron chi connectivity index (χ4n) is 3.91. The number of piperidine rings is 2. The summed E-state index contributed by atoms with van der Waals surface area (Å²) in [5.41, 5.74) is 2.03. The van der Waals surface area contributed by atoms with Crippen LogP contribution in [0.1, 0.15) is 48.5 Å². The Bertz CT molecular complexity index is 683. The molecular weight excluding hydrogens is 314 g/mol. The lowest BCUT2D eigenvalue weighted by Crippen LogP contribution is -2.39. The monoisotopic (exact) mass is 339 g/mol. The summed E-state index contributed by atoms with van der Waals surface area (Å²) in [6.07, 6.45) is 9.30. The number of likely N-dealkylation sites (tertiary alicyclic amines) is 1. The van der Waals surface area contributed by atoms with Gasteiger partial charge < -0.3 is 14.4 Å². The Kier molecular flexibility index (Phi) is 4.68. The van der Waals surface area contributed by atoms with E-state index in [1.165, 1.54) is 24.9 Å². The lowest BCUT2D eigenvalue weighted by molar-refractivity contribution is 0.0694. The molecule has 2 saturated heterocycles. The first kappa shape index (κ1) is 16.1. The van der Waals surface area contributed by atoms with Gasteiger partial charge in [-0.3, -0.25) is 4.79 Å². The van der Waals surface area contributed by atoms with Crippen molar-refractivity contribution in [2.24, 2.45) is 0 Å². The Hall–Kier alpha value is -2.37. The van der Waals surface area contributed by atoms with Gasteiger partial charge in [0.05, 0.1) is 0 Å². The average Bonchev–Trinajstić information content (AvgIpc) is 3.23. The van der Waals surface area contributed by atoms with Gasteiger partial charge in [0.25, 0.3) is 5.91 Å². The molecule has 0 atom stereocenters. The molecule has 2 aliphatic rings. The number of benzene rings is 1. The van der Waals surface area contributed by atoms with E-state index in [0.29, 0.717) is 6.04 Å². The lowest BCUT2D eigenvalue weighted by Gasteiger charge is -2.32. The molecule has 6 nitrogen and oxygen atoms in total. The number of hydrogen-bond donors (Lipinski definition) is 0. The van der Waals surface area contributed by atoms with E-state index in [9.17, 15) is 4.79 Å². The van der Waals surface area contributed by atoms with Crippen LogP contribution in [0.4, 0.5) is 5.69 Å². The van der Waals surface area contributed by atoms with Gasteiger partial charge in [-0.2, -0.15) is 0 Å². The molecule has 0 bridgehead atoms. The van der Waals surface area contributed by atoms with E-state index < -0.39 is 0 Å². The molecule has 1 aromatic carbocycles. The van der Waals surface area contributed by atoms with Crippen LogP contribution in [-0.4, -0.2) is 51.8 Å². The quantitative estimate of drug-likeness (QED) is 0.863. The van der Waals surface area contributed by atoms with Crippen molar-refractivity contribution in [3.05, 3.63) is 42.5 Å². The van der Waals surface area contributed by atoms with Crippen LogP contribution in [0.25, 0.3) is 0 Å². The minimum Gasteiger partial charge on any atom is -0.372 e. The normalized spacial score (nSPS) is 19.2. The van der Waals surface area contributed by atoms with Crippen LogP contribution in [0.2, 0.25) is 0 Å². The van der Waals surface area contributed by atoms with Gasteiger partial charge in [-0.05, 0) is 56.4 Å². The van der Waals surface area contributed by atoms with Crippen LogP contribution in [0.5, 0.6) is 0 Å². The maximum absolute atomic E-state index is 12.8. The highest BCUT2D eigenvalue weighted by Crippen LogP contribution is 2.24. The largest absolute Gasteiger partial charge is 0.372 e. The molecule has 0 spiro atoms. The molecule has 0 radical (unpaired) electrons. The molecule has 2 aromatic rings. The van der Waals surface area contributed by atoms with E-state index in [4.69, 9.17) is 0 Å².